The standard InChI is InChI=1S/C18H23F3N2O4/c1-9-11(15(24)27-5)6-10(18(19,20)21)7-12(9)22-13-8-23(16(25)26)14(13)17(2,3)4/h6-7,13-14,22H,8H2,1-5H3,(H,25,26). The summed E-state index contributed by atoms with van der Waals surface area (Å²) in [7, 11) is 1.10. The zero-order chi connectivity index (χ0) is 20.7. The van der Waals surface area contributed by atoms with E-state index >= 15 is 0 Å². The van der Waals surface area contributed by atoms with E-state index < -0.39 is 35.3 Å². The highest BCUT2D eigenvalue weighted by Crippen LogP contribution is 2.38. The summed E-state index contributed by atoms with van der Waals surface area (Å²) in [6.07, 6.45) is -5.72. The third kappa shape index (κ3) is 4.12. The number of ether oxygens (including phenoxy) is 1. The van der Waals surface area contributed by atoms with Crippen molar-refractivity contribution in [1.29, 1.82) is 0 Å². The molecule has 1 aromatic carbocycles. The number of nitrogens with zero attached hydrogens (tertiary/aromatic N) is 1. The van der Waals surface area contributed by atoms with Crippen LogP contribution in [0.25, 0.3) is 0 Å². The summed E-state index contributed by atoms with van der Waals surface area (Å²) < 4.78 is 44.3. The van der Waals surface area contributed by atoms with Gasteiger partial charge in [-0.1, -0.05) is 20.8 Å². The quantitative estimate of drug-likeness (QED) is 0.766. The summed E-state index contributed by atoms with van der Waals surface area (Å²) in [5, 5.41) is 12.3. The van der Waals surface area contributed by atoms with Gasteiger partial charge in [0.2, 0.25) is 0 Å². The molecule has 9 heteroatoms. The second kappa shape index (κ2) is 6.94. The number of anilines is 1. The maximum Gasteiger partial charge on any atom is 0.416 e. The molecule has 27 heavy (non-hydrogen) atoms. The predicted molar refractivity (Wildman–Crippen MR) is 92.9 cm³/mol. The van der Waals surface area contributed by atoms with Crippen LogP contribution in [0.15, 0.2) is 12.1 Å². The van der Waals surface area contributed by atoms with Gasteiger partial charge < -0.3 is 20.1 Å². The van der Waals surface area contributed by atoms with Crippen molar-refractivity contribution in [3.8, 4) is 0 Å². The Morgan fingerprint density at radius 1 is 1.26 bits per heavy atom. The molecule has 2 rings (SSSR count). The van der Waals surface area contributed by atoms with Crippen LogP contribution in [0.4, 0.5) is 23.7 Å². The number of methoxy groups -OCH3 is 1. The highest BCUT2D eigenvalue weighted by molar-refractivity contribution is 5.93. The molecule has 0 saturated carbocycles. The van der Waals surface area contributed by atoms with Gasteiger partial charge in [-0.25, -0.2) is 9.59 Å². The SMILES string of the molecule is COC(=O)c1cc(C(F)(F)F)cc(NC2CN(C(=O)O)C2C(C)(C)C)c1C. The number of amides is 1. The summed E-state index contributed by atoms with van der Waals surface area (Å²) in [5.41, 5.74) is -1.13. The number of benzene rings is 1. The van der Waals surface area contributed by atoms with Gasteiger partial charge in [-0.3, -0.25) is 0 Å². The predicted octanol–water partition coefficient (Wildman–Crippen LogP) is 3.99. The van der Waals surface area contributed by atoms with E-state index in [9.17, 15) is 27.9 Å². The van der Waals surface area contributed by atoms with Gasteiger partial charge >= 0.3 is 18.2 Å². The number of alkyl halides is 3. The minimum absolute atomic E-state index is 0.134. The van der Waals surface area contributed by atoms with E-state index in [4.69, 9.17) is 0 Å². The highest BCUT2D eigenvalue weighted by Gasteiger charge is 2.48. The molecule has 1 aromatic rings. The second-order valence-corrected chi connectivity index (χ2v) is 7.68. The van der Waals surface area contributed by atoms with Crippen molar-refractivity contribution in [3.05, 3.63) is 28.8 Å². The summed E-state index contributed by atoms with van der Waals surface area (Å²) in [4.78, 5) is 24.5. The van der Waals surface area contributed by atoms with Gasteiger partial charge in [0.1, 0.15) is 0 Å². The van der Waals surface area contributed by atoms with Crippen LogP contribution in [0, 0.1) is 12.3 Å². The summed E-state index contributed by atoms with van der Waals surface area (Å²) >= 11 is 0. The molecule has 2 unspecified atom stereocenters. The second-order valence-electron chi connectivity index (χ2n) is 7.68. The van der Waals surface area contributed by atoms with E-state index in [2.05, 4.69) is 10.1 Å². The average molecular weight is 388 g/mol. The Labute approximate surface area is 155 Å². The van der Waals surface area contributed by atoms with Crippen molar-refractivity contribution >= 4 is 17.7 Å². The lowest BCUT2D eigenvalue weighted by atomic mass is 9.76. The minimum Gasteiger partial charge on any atom is -0.465 e. The Bertz CT molecular complexity index is 756. The van der Waals surface area contributed by atoms with Gasteiger partial charge in [0, 0.05) is 12.2 Å². The first-order valence-electron chi connectivity index (χ1n) is 8.33. The van der Waals surface area contributed by atoms with Crippen molar-refractivity contribution in [2.24, 2.45) is 5.41 Å². The topological polar surface area (TPSA) is 78.9 Å². The first-order chi connectivity index (χ1) is 12.3. The van der Waals surface area contributed by atoms with Gasteiger partial charge in [0.15, 0.2) is 0 Å². The maximum atomic E-state index is 13.2. The third-order valence-corrected chi connectivity index (χ3v) is 4.72. The van der Waals surface area contributed by atoms with Gasteiger partial charge in [-0.2, -0.15) is 13.2 Å². The number of halogens is 3. The number of carboxylic acid groups (broad SMARTS) is 1. The van der Waals surface area contributed by atoms with E-state index in [1.54, 1.807) is 0 Å². The molecule has 0 spiro atoms. The number of nitrogens with one attached hydrogen (secondary N) is 1. The molecule has 2 N–H and O–H groups in total. The normalized spacial score (nSPS) is 20.1. The van der Waals surface area contributed by atoms with Crippen molar-refractivity contribution < 1.29 is 32.6 Å². The van der Waals surface area contributed by atoms with Gasteiger partial charge in [0.25, 0.3) is 0 Å². The Balaban J connectivity index is 2.43. The maximum absolute atomic E-state index is 13.2. The fourth-order valence-corrected chi connectivity index (χ4v) is 3.45. The Hall–Kier alpha value is -2.45. The molecule has 6 nitrogen and oxygen atoms in total. The summed E-state index contributed by atoms with van der Waals surface area (Å²) in [6.45, 7) is 7.25. The van der Waals surface area contributed by atoms with E-state index in [1.165, 1.54) is 11.8 Å². The number of esters is 1. The van der Waals surface area contributed by atoms with Crippen LogP contribution in [0.5, 0.6) is 0 Å². The Morgan fingerprint density at radius 3 is 2.30 bits per heavy atom. The van der Waals surface area contributed by atoms with Crippen LogP contribution in [-0.4, -0.2) is 47.8 Å². The van der Waals surface area contributed by atoms with Crippen LogP contribution >= 0.6 is 0 Å². The molecular formula is C18H23F3N2O4. The number of carbonyl (C=O) groups excluding carboxylic acids is 1. The number of rotatable bonds is 3. The molecule has 2 atom stereocenters. The number of hydrogen-bond acceptors (Lipinski definition) is 4. The van der Waals surface area contributed by atoms with Crippen molar-refractivity contribution in [2.45, 2.75) is 46.0 Å². The van der Waals surface area contributed by atoms with Gasteiger partial charge in [-0.15, -0.1) is 0 Å². The van der Waals surface area contributed by atoms with Crippen LogP contribution in [-0.2, 0) is 10.9 Å². The minimum atomic E-state index is -4.64. The molecule has 0 bridgehead atoms. The van der Waals surface area contributed by atoms with E-state index in [0.29, 0.717) is 5.56 Å². The zero-order valence-corrected chi connectivity index (χ0v) is 15.8. The Morgan fingerprint density at radius 2 is 1.85 bits per heavy atom. The molecule has 0 radical (unpaired) electrons. The lowest BCUT2D eigenvalue weighted by molar-refractivity contribution is -0.137. The van der Waals surface area contributed by atoms with Crippen LogP contribution in [0.3, 0.4) is 0 Å². The summed E-state index contributed by atoms with van der Waals surface area (Å²) in [5.74, 6) is -0.866. The van der Waals surface area contributed by atoms with Crippen LogP contribution in [0.2, 0.25) is 0 Å². The number of hydrogen-bond donors (Lipinski definition) is 2. The van der Waals surface area contributed by atoms with Gasteiger partial charge in [-0.05, 0) is 30.0 Å². The molecule has 1 heterocycles. The first kappa shape index (κ1) is 20.9. The first-order valence-corrected chi connectivity index (χ1v) is 8.33. The lowest BCUT2D eigenvalue weighted by Crippen LogP contribution is -2.69. The van der Waals surface area contributed by atoms with Crippen LogP contribution in [0.1, 0.15) is 42.3 Å². The Kier molecular flexibility index (Phi) is 5.36. The molecule has 1 saturated heterocycles. The molecule has 0 aliphatic carbocycles. The van der Waals surface area contributed by atoms with Gasteiger partial charge in [0.05, 0.1) is 30.3 Å². The molecular weight excluding hydrogens is 365 g/mol. The number of likely N-dealkylation sites (tertiary alicyclic amines) is 1. The third-order valence-electron chi connectivity index (χ3n) is 4.72. The smallest absolute Gasteiger partial charge is 0.416 e. The molecule has 0 aromatic heterocycles. The van der Waals surface area contributed by atoms with Crippen molar-refractivity contribution in [3.63, 3.8) is 0 Å². The van der Waals surface area contributed by atoms with Crippen LogP contribution < -0.4 is 5.32 Å². The largest absolute Gasteiger partial charge is 0.465 e. The zero-order valence-electron chi connectivity index (χ0n) is 15.8. The molecule has 1 fully saturated rings. The van der Waals surface area contributed by atoms with Crippen molar-refractivity contribution in [2.75, 3.05) is 19.0 Å². The molecule has 1 aliphatic heterocycles. The molecule has 150 valence electrons. The highest BCUT2D eigenvalue weighted by atomic mass is 19.4. The van der Waals surface area contributed by atoms with Crippen molar-refractivity contribution in [1.82, 2.24) is 4.90 Å². The van der Waals surface area contributed by atoms with E-state index in [-0.39, 0.29) is 23.8 Å². The fourth-order valence-electron chi connectivity index (χ4n) is 3.45. The molecule has 1 aliphatic rings. The summed E-state index contributed by atoms with van der Waals surface area (Å²) in [6, 6.07) is 0.891. The monoisotopic (exact) mass is 388 g/mol. The number of carbonyl (C=O) groups is 2. The molecule has 1 amide bonds. The van der Waals surface area contributed by atoms with E-state index in [1.807, 2.05) is 20.8 Å². The fraction of sp³-hybridized carbons (Fsp3) is 0.556. The lowest BCUT2D eigenvalue weighted by Gasteiger charge is -2.53. The average Bonchev–Trinajstić information content (AvgIpc) is 2.48. The van der Waals surface area contributed by atoms with E-state index in [0.717, 1.165) is 19.2 Å².